The van der Waals surface area contributed by atoms with Crippen molar-refractivity contribution in [3.05, 3.63) is 56.5 Å². The predicted molar refractivity (Wildman–Crippen MR) is 89.1 cm³/mol. The lowest BCUT2D eigenvalue weighted by Gasteiger charge is -2.17. The first-order chi connectivity index (χ1) is 9.58. The molecule has 0 bridgehead atoms. The zero-order chi connectivity index (χ0) is 14.7. The van der Waals surface area contributed by atoms with Gasteiger partial charge in [0.15, 0.2) is 0 Å². The first kappa shape index (κ1) is 15.7. The summed E-state index contributed by atoms with van der Waals surface area (Å²) in [6.45, 7) is 0. The standard InChI is InChI=1S/C15H13Br2ClO2/c1-19-12-7-6-11(15(20-2)13(12)17)14(18)9-4-3-5-10(16)8-9/h3-8,14H,1-2H3. The number of ether oxygens (including phenoxy) is 2. The summed E-state index contributed by atoms with van der Waals surface area (Å²) in [5, 5.41) is -0.301. The molecule has 2 rings (SSSR count). The van der Waals surface area contributed by atoms with Gasteiger partial charge in [-0.1, -0.05) is 28.1 Å². The molecule has 0 aliphatic carbocycles. The maximum atomic E-state index is 6.59. The molecule has 1 atom stereocenters. The number of methoxy groups -OCH3 is 2. The molecule has 2 aromatic carbocycles. The lowest BCUT2D eigenvalue weighted by atomic mass is 10.0. The van der Waals surface area contributed by atoms with E-state index in [1.165, 1.54) is 0 Å². The van der Waals surface area contributed by atoms with Gasteiger partial charge in [0.05, 0.1) is 19.6 Å². The Kier molecular flexibility index (Phi) is 5.35. The van der Waals surface area contributed by atoms with Gasteiger partial charge < -0.3 is 9.47 Å². The summed E-state index contributed by atoms with van der Waals surface area (Å²) in [7, 11) is 3.24. The Morgan fingerprint density at radius 2 is 1.80 bits per heavy atom. The molecule has 0 N–H and O–H groups in total. The molecule has 2 aromatic rings. The lowest BCUT2D eigenvalue weighted by Crippen LogP contribution is -1.99. The van der Waals surface area contributed by atoms with Crippen LogP contribution in [0.4, 0.5) is 0 Å². The topological polar surface area (TPSA) is 18.5 Å². The first-order valence-corrected chi connectivity index (χ1v) is 7.90. The molecular formula is C15H13Br2ClO2. The fraction of sp³-hybridized carbons (Fsp3) is 0.200. The molecule has 0 amide bonds. The van der Waals surface area contributed by atoms with Crippen LogP contribution < -0.4 is 9.47 Å². The third-order valence-corrected chi connectivity index (χ3v) is 4.66. The highest BCUT2D eigenvalue weighted by Crippen LogP contribution is 2.43. The van der Waals surface area contributed by atoms with Gasteiger partial charge in [-0.05, 0) is 45.8 Å². The van der Waals surface area contributed by atoms with Crippen LogP contribution in [0.25, 0.3) is 0 Å². The van der Waals surface area contributed by atoms with Gasteiger partial charge in [-0.2, -0.15) is 0 Å². The minimum Gasteiger partial charge on any atom is -0.495 e. The summed E-state index contributed by atoms with van der Waals surface area (Å²) in [4.78, 5) is 0. The van der Waals surface area contributed by atoms with Crippen molar-refractivity contribution >= 4 is 43.5 Å². The molecule has 1 unspecified atom stereocenters. The fourth-order valence-corrected chi connectivity index (χ4v) is 3.37. The highest BCUT2D eigenvalue weighted by atomic mass is 79.9. The number of alkyl halides is 1. The summed E-state index contributed by atoms with van der Waals surface area (Å²) in [6.07, 6.45) is 0. The third kappa shape index (κ3) is 3.13. The fourth-order valence-electron chi connectivity index (χ4n) is 1.96. The van der Waals surface area contributed by atoms with Gasteiger partial charge in [0.1, 0.15) is 16.0 Å². The van der Waals surface area contributed by atoms with Gasteiger partial charge in [-0.25, -0.2) is 0 Å². The number of benzene rings is 2. The van der Waals surface area contributed by atoms with E-state index in [1.807, 2.05) is 36.4 Å². The minimum absolute atomic E-state index is 0.301. The van der Waals surface area contributed by atoms with Crippen molar-refractivity contribution in [1.29, 1.82) is 0 Å². The molecule has 0 saturated carbocycles. The van der Waals surface area contributed by atoms with E-state index in [2.05, 4.69) is 31.9 Å². The van der Waals surface area contributed by atoms with E-state index in [-0.39, 0.29) is 5.38 Å². The van der Waals surface area contributed by atoms with E-state index in [1.54, 1.807) is 14.2 Å². The Balaban J connectivity index is 2.49. The normalized spacial score (nSPS) is 12.1. The van der Waals surface area contributed by atoms with Crippen molar-refractivity contribution in [3.63, 3.8) is 0 Å². The zero-order valence-electron chi connectivity index (χ0n) is 11.0. The number of hydrogen-bond donors (Lipinski definition) is 0. The van der Waals surface area contributed by atoms with Gasteiger partial charge >= 0.3 is 0 Å². The first-order valence-electron chi connectivity index (χ1n) is 5.88. The van der Waals surface area contributed by atoms with Crippen LogP contribution in [0.2, 0.25) is 0 Å². The van der Waals surface area contributed by atoms with E-state index < -0.39 is 0 Å². The van der Waals surface area contributed by atoms with Gasteiger partial charge in [-0.15, -0.1) is 11.6 Å². The van der Waals surface area contributed by atoms with Crippen LogP contribution in [0, 0.1) is 0 Å². The molecule has 20 heavy (non-hydrogen) atoms. The van der Waals surface area contributed by atoms with Crippen molar-refractivity contribution in [2.45, 2.75) is 5.38 Å². The molecule has 0 saturated heterocycles. The zero-order valence-corrected chi connectivity index (χ0v) is 14.9. The lowest BCUT2D eigenvalue weighted by molar-refractivity contribution is 0.386. The molecule has 0 heterocycles. The molecule has 0 aromatic heterocycles. The Hall–Kier alpha value is -0.710. The van der Waals surface area contributed by atoms with Crippen molar-refractivity contribution < 1.29 is 9.47 Å². The molecule has 0 aliphatic heterocycles. The summed E-state index contributed by atoms with van der Waals surface area (Å²) >= 11 is 13.5. The second-order valence-electron chi connectivity index (χ2n) is 4.12. The van der Waals surface area contributed by atoms with Crippen LogP contribution in [-0.2, 0) is 0 Å². The van der Waals surface area contributed by atoms with Gasteiger partial charge in [0.2, 0.25) is 0 Å². The van der Waals surface area contributed by atoms with Crippen LogP contribution in [0.3, 0.4) is 0 Å². The minimum atomic E-state index is -0.301. The maximum Gasteiger partial charge on any atom is 0.141 e. The van der Waals surface area contributed by atoms with Gasteiger partial charge in [0.25, 0.3) is 0 Å². The second kappa shape index (κ2) is 6.83. The molecule has 2 nitrogen and oxygen atoms in total. The maximum absolute atomic E-state index is 6.59. The quantitative estimate of drug-likeness (QED) is 0.603. The smallest absolute Gasteiger partial charge is 0.141 e. The Bertz CT molecular complexity index is 617. The largest absolute Gasteiger partial charge is 0.495 e. The van der Waals surface area contributed by atoms with E-state index in [0.717, 1.165) is 20.1 Å². The van der Waals surface area contributed by atoms with Crippen molar-refractivity contribution in [1.82, 2.24) is 0 Å². The SMILES string of the molecule is COc1ccc(C(Cl)c2cccc(Br)c2)c(OC)c1Br. The van der Waals surface area contributed by atoms with Crippen molar-refractivity contribution in [3.8, 4) is 11.5 Å². The van der Waals surface area contributed by atoms with E-state index >= 15 is 0 Å². The Labute approximate surface area is 140 Å². The number of rotatable bonds is 4. The van der Waals surface area contributed by atoms with Crippen LogP contribution in [0.15, 0.2) is 45.3 Å². The molecule has 0 radical (unpaired) electrons. The molecule has 0 aliphatic rings. The average Bonchev–Trinajstić information content (AvgIpc) is 2.46. The van der Waals surface area contributed by atoms with E-state index in [4.69, 9.17) is 21.1 Å². The van der Waals surface area contributed by atoms with Crippen LogP contribution >= 0.6 is 43.5 Å². The summed E-state index contributed by atoms with van der Waals surface area (Å²) in [5.74, 6) is 1.40. The monoisotopic (exact) mass is 418 g/mol. The Morgan fingerprint density at radius 3 is 2.40 bits per heavy atom. The Morgan fingerprint density at radius 1 is 1.05 bits per heavy atom. The van der Waals surface area contributed by atoms with Crippen LogP contribution in [-0.4, -0.2) is 14.2 Å². The van der Waals surface area contributed by atoms with E-state index in [0.29, 0.717) is 11.5 Å². The predicted octanol–water partition coefficient (Wildman–Crippen LogP) is 5.56. The second-order valence-corrected chi connectivity index (χ2v) is 6.27. The molecule has 0 spiro atoms. The highest BCUT2D eigenvalue weighted by Gasteiger charge is 2.20. The average molecular weight is 421 g/mol. The number of hydrogen-bond acceptors (Lipinski definition) is 2. The van der Waals surface area contributed by atoms with Crippen molar-refractivity contribution in [2.24, 2.45) is 0 Å². The number of halogens is 3. The molecule has 0 fully saturated rings. The van der Waals surface area contributed by atoms with Crippen LogP contribution in [0.5, 0.6) is 11.5 Å². The van der Waals surface area contributed by atoms with Gasteiger partial charge in [0, 0.05) is 10.0 Å². The summed E-state index contributed by atoms with van der Waals surface area (Å²) in [5.41, 5.74) is 1.89. The molecule has 5 heteroatoms. The molecular weight excluding hydrogens is 407 g/mol. The third-order valence-electron chi connectivity index (χ3n) is 2.93. The van der Waals surface area contributed by atoms with Crippen molar-refractivity contribution in [2.75, 3.05) is 14.2 Å². The van der Waals surface area contributed by atoms with E-state index in [9.17, 15) is 0 Å². The molecule has 106 valence electrons. The highest BCUT2D eigenvalue weighted by molar-refractivity contribution is 9.11. The van der Waals surface area contributed by atoms with Crippen LogP contribution in [0.1, 0.15) is 16.5 Å². The van der Waals surface area contributed by atoms with Gasteiger partial charge in [-0.3, -0.25) is 0 Å². The summed E-state index contributed by atoms with van der Waals surface area (Å²) < 4.78 is 12.5. The summed E-state index contributed by atoms with van der Waals surface area (Å²) in [6, 6.07) is 11.7.